The van der Waals surface area contributed by atoms with Crippen LogP contribution in [-0.4, -0.2) is 46.0 Å². The number of benzene rings is 2. The largest absolute Gasteiger partial charge is 0.755 e. The van der Waals surface area contributed by atoms with Gasteiger partial charge >= 0.3 is 18.2 Å². The lowest BCUT2D eigenvalue weighted by atomic mass is 10.0. The van der Waals surface area contributed by atoms with E-state index < -0.39 is 41.1 Å². The topological polar surface area (TPSA) is 125 Å². The number of thiophene rings is 1. The van der Waals surface area contributed by atoms with Gasteiger partial charge in [-0.25, -0.2) is 27.7 Å². The number of aliphatic carboxylic acids is 1. The number of ether oxygens (including phenoxy) is 1. The van der Waals surface area contributed by atoms with Gasteiger partial charge in [-0.2, -0.15) is 13.2 Å². The molecule has 0 radical (unpaired) electrons. The lowest BCUT2D eigenvalue weighted by Crippen LogP contribution is -2.34. The summed E-state index contributed by atoms with van der Waals surface area (Å²) in [5.41, 5.74) is 1.88. The molecule has 46 heavy (non-hydrogen) atoms. The van der Waals surface area contributed by atoms with Crippen LogP contribution in [0.2, 0.25) is 0 Å². The highest BCUT2D eigenvalue weighted by atomic mass is 32.2. The van der Waals surface area contributed by atoms with Crippen LogP contribution in [0.1, 0.15) is 42.6 Å². The van der Waals surface area contributed by atoms with E-state index in [0.717, 1.165) is 17.1 Å². The predicted molar refractivity (Wildman–Crippen MR) is 160 cm³/mol. The molecule has 1 N–H and O–H groups in total. The number of aromatic nitrogens is 2. The second-order valence-electron chi connectivity index (χ2n) is 10.2. The molecule has 16 heteroatoms. The van der Waals surface area contributed by atoms with Crippen LogP contribution in [0.4, 0.5) is 26.7 Å². The van der Waals surface area contributed by atoms with Gasteiger partial charge in [-0.15, -0.1) is 11.3 Å². The van der Waals surface area contributed by atoms with Gasteiger partial charge in [-0.3, -0.25) is 4.21 Å². The van der Waals surface area contributed by atoms with Crippen molar-refractivity contribution in [1.29, 1.82) is 0 Å². The number of nitrogens with zero attached hydrogens (tertiary/aromatic N) is 3. The van der Waals surface area contributed by atoms with Crippen LogP contribution in [-0.2, 0) is 42.0 Å². The van der Waals surface area contributed by atoms with E-state index in [1.807, 2.05) is 31.4 Å². The molecule has 248 valence electrons. The first-order valence-electron chi connectivity index (χ1n) is 13.6. The molecule has 0 saturated heterocycles. The van der Waals surface area contributed by atoms with Crippen molar-refractivity contribution in [3.05, 3.63) is 94.4 Å². The zero-order valence-electron chi connectivity index (χ0n) is 24.7. The molecular formula is C30H29F5N3O6S2-. The number of rotatable bonds is 10. The minimum Gasteiger partial charge on any atom is -0.755 e. The second-order valence-corrected chi connectivity index (χ2v) is 12.2. The van der Waals surface area contributed by atoms with E-state index in [0.29, 0.717) is 45.4 Å². The molecule has 0 fully saturated rings. The number of imidazole rings is 1. The molecule has 2 aromatic carbocycles. The Morgan fingerprint density at radius 2 is 1.78 bits per heavy atom. The number of carbonyl (C=O) groups is 2. The predicted octanol–water partition coefficient (Wildman–Crippen LogP) is 7.13. The van der Waals surface area contributed by atoms with Crippen molar-refractivity contribution >= 4 is 34.7 Å². The first-order chi connectivity index (χ1) is 21.6. The van der Waals surface area contributed by atoms with Gasteiger partial charge in [0.2, 0.25) is 0 Å². The van der Waals surface area contributed by atoms with Crippen LogP contribution >= 0.6 is 11.3 Å². The van der Waals surface area contributed by atoms with Gasteiger partial charge in [0.1, 0.15) is 17.5 Å². The maximum atomic E-state index is 15.2. The lowest BCUT2D eigenvalue weighted by Gasteiger charge is -2.23. The number of hydrogen-bond donors (Lipinski definition) is 1. The Balaban J connectivity index is 0.000000738. The van der Waals surface area contributed by atoms with E-state index >= 15 is 4.39 Å². The van der Waals surface area contributed by atoms with Gasteiger partial charge in [0.15, 0.2) is 5.06 Å². The van der Waals surface area contributed by atoms with Gasteiger partial charge in [-0.05, 0) is 47.7 Å². The Hall–Kier alpha value is -4.15. The molecular weight excluding hydrogens is 657 g/mol. The number of alkyl halides is 3. The molecule has 0 saturated carbocycles. The average molecular weight is 687 g/mol. The number of carbonyl (C=O) groups excluding carboxylic acids is 1. The highest BCUT2D eigenvalue weighted by Crippen LogP contribution is 2.40. The number of hydrogen-bond acceptors (Lipinski definition) is 7. The van der Waals surface area contributed by atoms with E-state index in [2.05, 4.69) is 4.98 Å². The summed E-state index contributed by atoms with van der Waals surface area (Å²) in [5, 5.41) is 7.29. The number of carboxylic acid groups (broad SMARTS) is 1. The summed E-state index contributed by atoms with van der Waals surface area (Å²) in [6.07, 6.45) is -1.29. The molecule has 4 aromatic rings. The van der Waals surface area contributed by atoms with E-state index in [-0.39, 0.29) is 11.6 Å². The van der Waals surface area contributed by atoms with Crippen LogP contribution in [0, 0.1) is 17.6 Å². The van der Waals surface area contributed by atoms with E-state index in [1.54, 1.807) is 24.5 Å². The van der Waals surface area contributed by atoms with Crippen LogP contribution in [0.3, 0.4) is 0 Å². The molecule has 1 unspecified atom stereocenters. The van der Waals surface area contributed by atoms with Gasteiger partial charge < -0.3 is 19.0 Å². The van der Waals surface area contributed by atoms with Crippen LogP contribution in [0.5, 0.6) is 5.06 Å². The summed E-state index contributed by atoms with van der Waals surface area (Å²) in [6, 6.07) is 11.8. The molecule has 4 rings (SSSR count). The SMILES string of the molecule is CCc1nccn1Cc1ccc(-c2cc(CC(C)C)sc2OC(=O)N(Cc2ccc(F)cc2)S(=O)[O-])cc1F.O=C(O)C(F)(F)F. The Bertz CT molecular complexity index is 1670. The summed E-state index contributed by atoms with van der Waals surface area (Å²) < 4.78 is 91.9. The standard InChI is InChI=1S/C28H29F2N3O4S2.C2HF3O2/c1-4-26-31-11-12-32(26)17-21-8-7-20(14-25(21)30)24-15-23(13-18(2)3)38-27(24)37-28(34)33(39(35)36)16-19-5-9-22(29)10-6-19;3-2(4,5)1(6)7/h5-12,14-15,18H,4,13,16-17H2,1-3H3,(H,35,36);(H,6,7)/p-1. The van der Waals surface area contributed by atoms with E-state index in [1.165, 1.54) is 41.7 Å². The van der Waals surface area contributed by atoms with Gasteiger partial charge in [0.25, 0.3) is 0 Å². The third kappa shape index (κ3) is 10.2. The van der Waals surface area contributed by atoms with Crippen molar-refractivity contribution in [1.82, 2.24) is 13.9 Å². The molecule has 0 bridgehead atoms. The average Bonchev–Trinajstić information content (AvgIpc) is 3.59. The van der Waals surface area contributed by atoms with Crippen LogP contribution in [0.25, 0.3) is 11.1 Å². The smallest absolute Gasteiger partial charge is 0.490 e. The summed E-state index contributed by atoms with van der Waals surface area (Å²) in [6.45, 7) is 6.07. The molecule has 1 amide bonds. The highest BCUT2D eigenvalue weighted by Gasteiger charge is 2.38. The minimum absolute atomic E-state index is 0.167. The molecule has 1 atom stereocenters. The minimum atomic E-state index is -5.08. The molecule has 0 aliphatic carbocycles. The summed E-state index contributed by atoms with van der Waals surface area (Å²) in [7, 11) is 0. The Morgan fingerprint density at radius 3 is 2.33 bits per heavy atom. The monoisotopic (exact) mass is 686 g/mol. The van der Waals surface area contributed by atoms with Gasteiger partial charge in [0.05, 0.1) is 24.4 Å². The summed E-state index contributed by atoms with van der Waals surface area (Å²) in [4.78, 5) is 27.0. The van der Waals surface area contributed by atoms with Crippen molar-refractivity contribution in [2.75, 3.05) is 0 Å². The van der Waals surface area contributed by atoms with Crippen molar-refractivity contribution in [2.45, 2.75) is 52.9 Å². The molecule has 2 heterocycles. The lowest BCUT2D eigenvalue weighted by molar-refractivity contribution is -0.192. The zero-order valence-corrected chi connectivity index (χ0v) is 26.3. The van der Waals surface area contributed by atoms with Crippen molar-refractivity contribution in [3.8, 4) is 16.2 Å². The Kier molecular flexibility index (Phi) is 12.6. The van der Waals surface area contributed by atoms with Gasteiger partial charge in [0, 0.05) is 34.8 Å². The molecule has 0 aliphatic heterocycles. The molecule has 9 nitrogen and oxygen atoms in total. The third-order valence-electron chi connectivity index (χ3n) is 6.23. The fraction of sp³-hybridized carbons (Fsp3) is 0.300. The molecule has 0 aliphatic rings. The molecule has 2 aromatic heterocycles. The Labute approximate surface area is 267 Å². The Morgan fingerprint density at radius 1 is 1.13 bits per heavy atom. The fourth-order valence-corrected chi connectivity index (χ4v) is 5.74. The van der Waals surface area contributed by atoms with E-state index in [4.69, 9.17) is 14.6 Å². The number of carboxylic acids is 1. The number of halogens is 5. The van der Waals surface area contributed by atoms with Crippen molar-refractivity contribution in [3.63, 3.8) is 0 Å². The van der Waals surface area contributed by atoms with Crippen molar-refractivity contribution in [2.24, 2.45) is 5.92 Å². The van der Waals surface area contributed by atoms with Crippen molar-refractivity contribution < 1.29 is 50.1 Å². The quantitative estimate of drug-likeness (QED) is 0.139. The van der Waals surface area contributed by atoms with E-state index in [9.17, 15) is 31.1 Å². The highest BCUT2D eigenvalue weighted by molar-refractivity contribution is 7.77. The first-order valence-corrected chi connectivity index (χ1v) is 15.5. The summed E-state index contributed by atoms with van der Waals surface area (Å²) in [5.74, 6) is -2.50. The maximum Gasteiger partial charge on any atom is 0.490 e. The number of aryl methyl sites for hydroxylation is 1. The van der Waals surface area contributed by atoms with Crippen LogP contribution < -0.4 is 4.74 Å². The van der Waals surface area contributed by atoms with Crippen LogP contribution in [0.15, 0.2) is 60.9 Å². The number of amides is 1. The maximum absolute atomic E-state index is 15.2. The zero-order chi connectivity index (χ0) is 34.2. The first kappa shape index (κ1) is 36.3. The normalized spacial score (nSPS) is 12.0. The summed E-state index contributed by atoms with van der Waals surface area (Å²) >= 11 is -1.73. The fourth-order valence-electron chi connectivity index (χ4n) is 4.09. The van der Waals surface area contributed by atoms with Gasteiger partial charge in [-0.1, -0.05) is 45.0 Å². The third-order valence-corrected chi connectivity index (χ3v) is 7.90. The second kappa shape index (κ2) is 15.9. The molecule has 0 spiro atoms.